The number of aliphatic hydroxyl groups excluding tert-OH is 1. The first-order valence-electron chi connectivity index (χ1n) is 4.55. The van der Waals surface area contributed by atoms with Gasteiger partial charge in [0, 0.05) is 23.9 Å². The topological polar surface area (TPSA) is 40.5 Å². The molecule has 13 heavy (non-hydrogen) atoms. The predicted octanol–water partition coefficient (Wildman–Crippen LogP) is 1.04. The molecule has 0 aromatic carbocycles. The molecule has 1 N–H and O–H groups in total. The van der Waals surface area contributed by atoms with Gasteiger partial charge in [-0.3, -0.25) is 4.79 Å². The number of nitrogens with zero attached hydrogens (tertiary/aromatic N) is 1. The number of carbonyl (C=O) groups is 1. The second-order valence-electron chi connectivity index (χ2n) is 3.83. The Morgan fingerprint density at radius 2 is 2.08 bits per heavy atom. The molecular weight excluding hydrogens is 281 g/mol. The van der Waals surface area contributed by atoms with Crippen molar-refractivity contribution in [3.8, 4) is 0 Å². The van der Waals surface area contributed by atoms with Crippen LogP contribution in [-0.2, 0) is 4.79 Å². The molecule has 1 aliphatic rings. The van der Waals surface area contributed by atoms with Crippen LogP contribution in [0, 0.1) is 5.92 Å². The van der Waals surface area contributed by atoms with Gasteiger partial charge in [0.1, 0.15) is 0 Å². The van der Waals surface area contributed by atoms with Gasteiger partial charge in [0.15, 0.2) is 0 Å². The molecule has 3 nitrogen and oxygen atoms in total. The Kier molecular flexibility index (Phi) is 3.97. The second kappa shape index (κ2) is 4.59. The van der Waals surface area contributed by atoms with E-state index in [2.05, 4.69) is 22.6 Å². The van der Waals surface area contributed by atoms with Gasteiger partial charge in [-0.05, 0) is 19.3 Å². The Labute approximate surface area is 92.6 Å². The van der Waals surface area contributed by atoms with Crippen molar-refractivity contribution in [3.05, 3.63) is 0 Å². The van der Waals surface area contributed by atoms with Crippen LogP contribution in [0.25, 0.3) is 0 Å². The van der Waals surface area contributed by atoms with Crippen molar-refractivity contribution in [2.75, 3.05) is 14.1 Å². The third-order valence-electron chi connectivity index (χ3n) is 2.52. The molecule has 3 atom stereocenters. The van der Waals surface area contributed by atoms with Crippen LogP contribution in [0.1, 0.15) is 19.3 Å². The van der Waals surface area contributed by atoms with Crippen molar-refractivity contribution in [2.24, 2.45) is 5.92 Å². The zero-order chi connectivity index (χ0) is 10.0. The number of amides is 1. The molecule has 0 aliphatic heterocycles. The zero-order valence-electron chi connectivity index (χ0n) is 8.03. The number of hydrogen-bond donors (Lipinski definition) is 1. The number of hydrogen-bond acceptors (Lipinski definition) is 2. The molecule has 0 spiro atoms. The minimum atomic E-state index is -0.303. The summed E-state index contributed by atoms with van der Waals surface area (Å²) in [4.78, 5) is 13.2. The minimum absolute atomic E-state index is 0.0380. The number of alkyl halides is 1. The maximum atomic E-state index is 11.6. The van der Waals surface area contributed by atoms with Gasteiger partial charge < -0.3 is 10.0 Å². The van der Waals surface area contributed by atoms with E-state index >= 15 is 0 Å². The van der Waals surface area contributed by atoms with E-state index in [9.17, 15) is 9.90 Å². The lowest BCUT2D eigenvalue weighted by molar-refractivity contribution is -0.135. The Morgan fingerprint density at radius 1 is 1.46 bits per heavy atom. The fourth-order valence-corrected chi connectivity index (χ4v) is 2.35. The molecule has 76 valence electrons. The summed E-state index contributed by atoms with van der Waals surface area (Å²) >= 11 is 2.26. The monoisotopic (exact) mass is 297 g/mol. The summed E-state index contributed by atoms with van der Waals surface area (Å²) in [5.41, 5.74) is 0. The highest BCUT2D eigenvalue weighted by Crippen LogP contribution is 2.30. The van der Waals surface area contributed by atoms with Crippen molar-refractivity contribution in [1.29, 1.82) is 0 Å². The Hall–Kier alpha value is 0.160. The lowest BCUT2D eigenvalue weighted by Crippen LogP contribution is -2.38. The lowest BCUT2D eigenvalue weighted by Gasteiger charge is -2.30. The van der Waals surface area contributed by atoms with Gasteiger partial charge in [0.2, 0.25) is 5.91 Å². The highest BCUT2D eigenvalue weighted by atomic mass is 127. The number of halogens is 1. The number of aliphatic hydroxyl groups is 1. The smallest absolute Gasteiger partial charge is 0.225 e. The number of rotatable bonds is 1. The van der Waals surface area contributed by atoms with Crippen LogP contribution in [0.15, 0.2) is 0 Å². The first-order chi connectivity index (χ1) is 6.02. The standard InChI is InChI=1S/C9H16INO2/c1-11(2)9(13)6-3-4-7(10)8(12)5-6/h6-8,12H,3-5H2,1-2H3/t6-,7-,8-/m0/s1. The van der Waals surface area contributed by atoms with Crippen molar-refractivity contribution in [1.82, 2.24) is 4.90 Å². The molecule has 0 radical (unpaired) electrons. The summed E-state index contributed by atoms with van der Waals surface area (Å²) in [6, 6.07) is 0. The average molecular weight is 297 g/mol. The Bertz CT molecular complexity index is 196. The molecule has 1 amide bonds. The summed E-state index contributed by atoms with van der Waals surface area (Å²) in [6.45, 7) is 0. The number of carbonyl (C=O) groups excluding carboxylic acids is 1. The van der Waals surface area contributed by atoms with Gasteiger partial charge in [-0.1, -0.05) is 22.6 Å². The molecule has 1 aliphatic carbocycles. The largest absolute Gasteiger partial charge is 0.392 e. The molecule has 0 heterocycles. The lowest BCUT2D eigenvalue weighted by atomic mass is 9.86. The fraction of sp³-hybridized carbons (Fsp3) is 0.889. The molecule has 0 aromatic rings. The fourth-order valence-electron chi connectivity index (χ4n) is 1.70. The van der Waals surface area contributed by atoms with Crippen LogP contribution in [0.3, 0.4) is 0 Å². The molecule has 1 rings (SSSR count). The zero-order valence-corrected chi connectivity index (χ0v) is 10.2. The second-order valence-corrected chi connectivity index (χ2v) is 5.43. The highest BCUT2D eigenvalue weighted by Gasteiger charge is 2.31. The van der Waals surface area contributed by atoms with Crippen molar-refractivity contribution in [2.45, 2.75) is 29.3 Å². The Balaban J connectivity index is 2.50. The SMILES string of the molecule is CN(C)C(=O)[C@H]1CC[C@H](I)[C@@H](O)C1. The van der Waals surface area contributed by atoms with E-state index in [0.29, 0.717) is 10.3 Å². The Morgan fingerprint density at radius 3 is 2.54 bits per heavy atom. The summed E-state index contributed by atoms with van der Waals surface area (Å²) in [7, 11) is 3.54. The third-order valence-corrected chi connectivity index (χ3v) is 3.98. The molecule has 1 fully saturated rings. The van der Waals surface area contributed by atoms with Crippen LogP contribution in [0.5, 0.6) is 0 Å². The minimum Gasteiger partial charge on any atom is -0.392 e. The van der Waals surface area contributed by atoms with E-state index in [4.69, 9.17) is 0 Å². The van der Waals surface area contributed by atoms with E-state index in [1.165, 1.54) is 0 Å². The molecule has 1 saturated carbocycles. The van der Waals surface area contributed by atoms with Gasteiger partial charge in [0.05, 0.1) is 6.10 Å². The maximum absolute atomic E-state index is 11.6. The average Bonchev–Trinajstić information content (AvgIpc) is 2.08. The van der Waals surface area contributed by atoms with E-state index in [0.717, 1.165) is 12.8 Å². The van der Waals surface area contributed by atoms with E-state index in [1.54, 1.807) is 19.0 Å². The van der Waals surface area contributed by atoms with Crippen molar-refractivity contribution in [3.63, 3.8) is 0 Å². The summed E-state index contributed by atoms with van der Waals surface area (Å²) in [6.07, 6.45) is 2.20. The van der Waals surface area contributed by atoms with Crippen LogP contribution >= 0.6 is 22.6 Å². The van der Waals surface area contributed by atoms with Gasteiger partial charge >= 0.3 is 0 Å². The molecule has 0 saturated heterocycles. The quantitative estimate of drug-likeness (QED) is 0.580. The van der Waals surface area contributed by atoms with E-state index < -0.39 is 0 Å². The predicted molar refractivity (Wildman–Crippen MR) is 59.8 cm³/mol. The highest BCUT2D eigenvalue weighted by molar-refractivity contribution is 14.1. The normalized spacial score (nSPS) is 34.3. The van der Waals surface area contributed by atoms with Crippen LogP contribution < -0.4 is 0 Å². The first kappa shape index (κ1) is 11.2. The summed E-state index contributed by atoms with van der Waals surface area (Å²) in [5, 5.41) is 9.60. The van der Waals surface area contributed by atoms with E-state index in [1.807, 2.05) is 0 Å². The molecule has 4 heteroatoms. The van der Waals surface area contributed by atoms with Gasteiger partial charge in [-0.15, -0.1) is 0 Å². The van der Waals surface area contributed by atoms with Crippen LogP contribution in [0.4, 0.5) is 0 Å². The van der Waals surface area contributed by atoms with Crippen molar-refractivity contribution < 1.29 is 9.90 Å². The molecule has 0 aromatic heterocycles. The van der Waals surface area contributed by atoms with E-state index in [-0.39, 0.29) is 17.9 Å². The van der Waals surface area contributed by atoms with Gasteiger partial charge in [0.25, 0.3) is 0 Å². The van der Waals surface area contributed by atoms with Gasteiger partial charge in [-0.2, -0.15) is 0 Å². The summed E-state index contributed by atoms with van der Waals surface area (Å²) in [5.74, 6) is 0.193. The molecular formula is C9H16INO2. The van der Waals surface area contributed by atoms with Crippen molar-refractivity contribution >= 4 is 28.5 Å². The molecule has 0 unspecified atom stereocenters. The summed E-state index contributed by atoms with van der Waals surface area (Å²) < 4.78 is 0.323. The maximum Gasteiger partial charge on any atom is 0.225 e. The van der Waals surface area contributed by atoms with Crippen LogP contribution in [0.2, 0.25) is 0 Å². The van der Waals surface area contributed by atoms with Crippen LogP contribution in [-0.4, -0.2) is 40.0 Å². The molecule has 0 bridgehead atoms. The third kappa shape index (κ3) is 2.80. The first-order valence-corrected chi connectivity index (χ1v) is 5.80. The van der Waals surface area contributed by atoms with Gasteiger partial charge in [-0.25, -0.2) is 0 Å².